The molecule has 100 valence electrons. The molecule has 0 unspecified atom stereocenters. The summed E-state index contributed by atoms with van der Waals surface area (Å²) in [4.78, 5) is 12.2. The van der Waals surface area contributed by atoms with Gasteiger partial charge in [0.05, 0.1) is 22.3 Å². The normalized spacial score (nSPS) is 10.8. The van der Waals surface area contributed by atoms with Gasteiger partial charge in [0.25, 0.3) is 0 Å². The second-order valence-electron chi connectivity index (χ2n) is 4.19. The number of benzene rings is 1. The molecule has 1 heterocycles. The lowest BCUT2D eigenvalue weighted by atomic mass is 10.1. The molecule has 3 nitrogen and oxygen atoms in total. The van der Waals surface area contributed by atoms with Crippen molar-refractivity contribution in [3.05, 3.63) is 49.9 Å². The summed E-state index contributed by atoms with van der Waals surface area (Å²) in [6, 6.07) is 4.08. The summed E-state index contributed by atoms with van der Waals surface area (Å²) in [5, 5.41) is 4.23. The predicted octanol–water partition coefficient (Wildman–Crippen LogP) is 3.82. The van der Waals surface area contributed by atoms with Crippen molar-refractivity contribution >= 4 is 37.6 Å². The summed E-state index contributed by atoms with van der Waals surface area (Å²) in [7, 11) is 1.78. The van der Waals surface area contributed by atoms with Crippen molar-refractivity contribution in [2.45, 2.75) is 13.3 Å². The number of hydrogen-bond acceptors (Lipinski definition) is 2. The van der Waals surface area contributed by atoms with E-state index < -0.39 is 5.82 Å². The van der Waals surface area contributed by atoms with E-state index in [0.717, 1.165) is 15.9 Å². The van der Waals surface area contributed by atoms with E-state index in [0.29, 0.717) is 10.0 Å². The first-order chi connectivity index (χ1) is 8.90. The van der Waals surface area contributed by atoms with E-state index in [-0.39, 0.29) is 12.2 Å². The maximum atomic E-state index is 13.2. The minimum Gasteiger partial charge on any atom is -0.294 e. The van der Waals surface area contributed by atoms with E-state index in [1.54, 1.807) is 11.7 Å². The molecule has 6 heteroatoms. The van der Waals surface area contributed by atoms with Gasteiger partial charge >= 0.3 is 0 Å². The lowest BCUT2D eigenvalue weighted by Crippen LogP contribution is -2.09. The van der Waals surface area contributed by atoms with Gasteiger partial charge in [0, 0.05) is 17.1 Å². The van der Waals surface area contributed by atoms with Crippen LogP contribution in [-0.2, 0) is 13.5 Å². The van der Waals surface area contributed by atoms with Crippen LogP contribution in [0.5, 0.6) is 0 Å². The molecule has 1 aromatic heterocycles. The van der Waals surface area contributed by atoms with Gasteiger partial charge in [0.2, 0.25) is 0 Å². The lowest BCUT2D eigenvalue weighted by molar-refractivity contribution is 0.0989. The van der Waals surface area contributed by atoms with Crippen LogP contribution in [0.3, 0.4) is 0 Å². The van der Waals surface area contributed by atoms with Crippen LogP contribution in [0.15, 0.2) is 27.1 Å². The average molecular weight is 390 g/mol. The molecule has 0 saturated heterocycles. The average Bonchev–Trinajstić information content (AvgIpc) is 2.59. The third kappa shape index (κ3) is 2.95. The standard InChI is InChI=1S/C13H11Br2FN2O/c1-7-13(15)11(18(2)17-7)6-12(19)9-5-8(16)3-4-10(9)14/h3-5H,6H2,1-2H3. The number of rotatable bonds is 3. The van der Waals surface area contributed by atoms with E-state index in [4.69, 9.17) is 0 Å². The predicted molar refractivity (Wildman–Crippen MR) is 77.8 cm³/mol. The van der Waals surface area contributed by atoms with E-state index in [1.165, 1.54) is 18.2 Å². The maximum absolute atomic E-state index is 13.2. The van der Waals surface area contributed by atoms with Gasteiger partial charge in [-0.15, -0.1) is 0 Å². The molecule has 0 aliphatic carbocycles. The Labute approximate surface area is 127 Å². The van der Waals surface area contributed by atoms with Crippen LogP contribution in [0, 0.1) is 12.7 Å². The van der Waals surface area contributed by atoms with Crippen molar-refractivity contribution in [2.24, 2.45) is 7.05 Å². The van der Waals surface area contributed by atoms with Gasteiger partial charge in [-0.3, -0.25) is 9.48 Å². The van der Waals surface area contributed by atoms with Crippen LogP contribution in [0.4, 0.5) is 4.39 Å². The number of halogens is 3. The number of carbonyl (C=O) groups is 1. The number of nitrogens with zero attached hydrogens (tertiary/aromatic N) is 2. The largest absolute Gasteiger partial charge is 0.294 e. The first kappa shape index (κ1) is 14.4. The van der Waals surface area contributed by atoms with E-state index >= 15 is 0 Å². The summed E-state index contributed by atoms with van der Waals surface area (Å²) in [5.74, 6) is -0.582. The first-order valence-corrected chi connectivity index (χ1v) is 7.15. The third-order valence-electron chi connectivity index (χ3n) is 2.82. The number of ketones is 1. The van der Waals surface area contributed by atoms with Crippen LogP contribution in [-0.4, -0.2) is 15.6 Å². The highest BCUT2D eigenvalue weighted by atomic mass is 79.9. The van der Waals surface area contributed by atoms with Crippen molar-refractivity contribution in [2.75, 3.05) is 0 Å². The number of hydrogen-bond donors (Lipinski definition) is 0. The Kier molecular flexibility index (Phi) is 4.20. The van der Waals surface area contributed by atoms with Gasteiger partial charge in [0.1, 0.15) is 5.82 Å². The number of aromatic nitrogens is 2. The fourth-order valence-electron chi connectivity index (χ4n) is 1.83. The monoisotopic (exact) mass is 388 g/mol. The highest BCUT2D eigenvalue weighted by Gasteiger charge is 2.17. The minimum absolute atomic E-state index is 0.157. The summed E-state index contributed by atoms with van der Waals surface area (Å²) in [5.41, 5.74) is 1.94. The van der Waals surface area contributed by atoms with Crippen LogP contribution in [0.2, 0.25) is 0 Å². The zero-order valence-corrected chi connectivity index (χ0v) is 13.5. The Morgan fingerprint density at radius 3 is 2.68 bits per heavy atom. The van der Waals surface area contributed by atoms with Gasteiger partial charge in [-0.2, -0.15) is 5.10 Å². The smallest absolute Gasteiger partial charge is 0.170 e. The van der Waals surface area contributed by atoms with Gasteiger partial charge in [-0.1, -0.05) is 15.9 Å². The molecule has 2 aromatic rings. The van der Waals surface area contributed by atoms with Crippen LogP contribution >= 0.6 is 31.9 Å². The zero-order valence-electron chi connectivity index (χ0n) is 10.4. The third-order valence-corrected chi connectivity index (χ3v) is 4.54. The molecule has 0 spiro atoms. The van der Waals surface area contributed by atoms with Gasteiger partial charge < -0.3 is 0 Å². The van der Waals surface area contributed by atoms with Gasteiger partial charge in [-0.25, -0.2) is 4.39 Å². The van der Waals surface area contributed by atoms with Crippen molar-refractivity contribution in [1.29, 1.82) is 0 Å². The molecule has 2 rings (SSSR count). The second-order valence-corrected chi connectivity index (χ2v) is 5.84. The summed E-state index contributed by atoms with van der Waals surface area (Å²) in [6.45, 7) is 1.86. The van der Waals surface area contributed by atoms with Crippen LogP contribution in [0.25, 0.3) is 0 Å². The first-order valence-electron chi connectivity index (χ1n) is 5.56. The summed E-state index contributed by atoms with van der Waals surface area (Å²) >= 11 is 6.68. The lowest BCUT2D eigenvalue weighted by Gasteiger charge is -2.05. The molecule has 0 N–H and O–H groups in total. The maximum Gasteiger partial charge on any atom is 0.170 e. The van der Waals surface area contributed by atoms with E-state index in [2.05, 4.69) is 37.0 Å². The van der Waals surface area contributed by atoms with Crippen LogP contribution in [0.1, 0.15) is 21.7 Å². The van der Waals surface area contributed by atoms with E-state index in [1.807, 2.05) is 6.92 Å². The molecular weight excluding hydrogens is 379 g/mol. The molecular formula is C13H11Br2FN2O. The van der Waals surface area contributed by atoms with E-state index in [9.17, 15) is 9.18 Å². The highest BCUT2D eigenvalue weighted by molar-refractivity contribution is 9.10. The Morgan fingerprint density at radius 1 is 1.42 bits per heavy atom. The Hall–Kier alpha value is -1.01. The Morgan fingerprint density at radius 2 is 2.11 bits per heavy atom. The summed E-state index contributed by atoms with van der Waals surface area (Å²) in [6.07, 6.45) is 0.167. The zero-order chi connectivity index (χ0) is 14.2. The fraction of sp³-hybridized carbons (Fsp3) is 0.231. The van der Waals surface area contributed by atoms with Gasteiger partial charge in [0.15, 0.2) is 5.78 Å². The highest BCUT2D eigenvalue weighted by Crippen LogP contribution is 2.24. The quantitative estimate of drug-likeness (QED) is 0.748. The molecule has 0 radical (unpaired) electrons. The molecule has 0 atom stereocenters. The minimum atomic E-state index is -0.424. The number of aryl methyl sites for hydroxylation is 2. The van der Waals surface area contributed by atoms with Crippen molar-refractivity contribution in [3.8, 4) is 0 Å². The molecule has 0 saturated carbocycles. The molecule has 1 aromatic carbocycles. The second kappa shape index (κ2) is 5.54. The number of Topliss-reactive ketones (excluding diaryl/α,β-unsaturated/α-hetero) is 1. The fourth-order valence-corrected chi connectivity index (χ4v) is 2.77. The molecule has 0 bridgehead atoms. The Bertz CT molecular complexity index is 652. The molecule has 19 heavy (non-hydrogen) atoms. The topological polar surface area (TPSA) is 34.9 Å². The van der Waals surface area contributed by atoms with Crippen LogP contribution < -0.4 is 0 Å². The van der Waals surface area contributed by atoms with Crippen molar-refractivity contribution in [3.63, 3.8) is 0 Å². The number of carbonyl (C=O) groups excluding carboxylic acids is 1. The van der Waals surface area contributed by atoms with Crippen molar-refractivity contribution in [1.82, 2.24) is 9.78 Å². The molecule has 0 amide bonds. The summed E-state index contributed by atoms with van der Waals surface area (Å²) < 4.78 is 16.3. The Balaban J connectivity index is 2.33. The molecule has 0 aliphatic heterocycles. The molecule has 0 fully saturated rings. The SMILES string of the molecule is Cc1nn(C)c(CC(=O)c2cc(F)ccc2Br)c1Br. The molecule has 0 aliphatic rings. The van der Waals surface area contributed by atoms with Crippen molar-refractivity contribution < 1.29 is 9.18 Å². The van der Waals surface area contributed by atoms with Gasteiger partial charge in [-0.05, 0) is 41.1 Å².